The largest absolute Gasteiger partial charge is 0.378 e. The topological polar surface area (TPSA) is 9.23 Å². The smallest absolute Gasteiger partial charge is 0.0846 e. The van der Waals surface area contributed by atoms with Gasteiger partial charge in [-0.1, -0.05) is 144 Å². The summed E-state index contributed by atoms with van der Waals surface area (Å²) in [6.45, 7) is 27.7. The first-order valence-electron chi connectivity index (χ1n) is 20.9. The molecule has 0 aromatic heterocycles. The molecule has 0 N–H and O–H groups in total. The van der Waals surface area contributed by atoms with Crippen LogP contribution in [0.2, 0.25) is 67.0 Å². The van der Waals surface area contributed by atoms with Crippen LogP contribution in [0.25, 0.3) is 0 Å². The van der Waals surface area contributed by atoms with Gasteiger partial charge in [0.1, 0.15) is 0 Å². The van der Waals surface area contributed by atoms with Gasteiger partial charge in [-0.25, -0.2) is 0 Å². The summed E-state index contributed by atoms with van der Waals surface area (Å²) in [5, 5.41) is 0. The third kappa shape index (κ3) is 6.62. The van der Waals surface area contributed by atoms with Crippen LogP contribution in [-0.2, 0) is 4.74 Å². The van der Waals surface area contributed by atoms with Gasteiger partial charge >= 0.3 is 0 Å². The molecule has 6 aliphatic rings. The van der Waals surface area contributed by atoms with Crippen LogP contribution >= 0.6 is 0 Å². The average Bonchev–Trinajstić information content (AvgIpc) is 3.81. The van der Waals surface area contributed by atoms with E-state index in [1.54, 1.807) is 38.5 Å². The summed E-state index contributed by atoms with van der Waals surface area (Å²) in [6.07, 6.45) is 26.3. The molecule has 1 aliphatic heterocycles. The molecule has 0 radical (unpaired) electrons. The first kappa shape index (κ1) is 35.4. The lowest BCUT2D eigenvalue weighted by atomic mass is 9.88. The zero-order chi connectivity index (χ0) is 32.3. The minimum atomic E-state index is -1.57. The van der Waals surface area contributed by atoms with Crippen LogP contribution < -0.4 is 0 Å². The monoisotopic (exact) mass is 671 g/mol. The van der Waals surface area contributed by atoms with Crippen LogP contribution in [0, 0.1) is 41.4 Å². The summed E-state index contributed by atoms with van der Waals surface area (Å²) in [5.74, 6) is 6.53. The van der Waals surface area contributed by atoms with E-state index in [9.17, 15) is 0 Å². The first-order chi connectivity index (χ1) is 21.2. The fourth-order valence-corrected chi connectivity index (χ4v) is 29.5. The van der Waals surface area contributed by atoms with Crippen molar-refractivity contribution in [1.82, 2.24) is 0 Å². The number of hydrogen-bond acceptors (Lipinski definition) is 1. The van der Waals surface area contributed by atoms with E-state index in [-0.39, 0.29) is 0 Å². The number of rotatable bonds is 8. The number of hydrogen-bond donors (Lipinski definition) is 0. The van der Waals surface area contributed by atoms with Gasteiger partial charge in [-0.3, -0.25) is 0 Å². The minimum absolute atomic E-state index is 0.570. The van der Waals surface area contributed by atoms with E-state index in [1.807, 2.05) is 0 Å². The fourth-order valence-electron chi connectivity index (χ4n) is 14.5. The molecule has 6 rings (SSSR count). The first-order valence-corrected chi connectivity index (χ1v) is 30.4. The average molecular weight is 671 g/mol. The van der Waals surface area contributed by atoms with Gasteiger partial charge in [0.15, 0.2) is 0 Å². The van der Waals surface area contributed by atoms with E-state index in [0.717, 1.165) is 69.1 Å². The normalized spacial score (nSPS) is 44.7. The molecule has 0 amide bonds. The highest BCUT2D eigenvalue weighted by Gasteiger charge is 2.60. The molecule has 0 spiro atoms. The van der Waals surface area contributed by atoms with Gasteiger partial charge in [-0.15, -0.1) is 0 Å². The van der Waals surface area contributed by atoms with Crippen molar-refractivity contribution in [2.45, 2.75) is 216 Å². The molecule has 260 valence electrons. The fraction of sp³-hybridized carbons (Fsp3) is 1.00. The predicted molar refractivity (Wildman–Crippen MR) is 205 cm³/mol. The molecule has 1 nitrogen and oxygen atoms in total. The van der Waals surface area contributed by atoms with Crippen molar-refractivity contribution in [3.05, 3.63) is 0 Å². The second kappa shape index (κ2) is 13.7. The Bertz CT molecular complexity index is 903. The van der Waals surface area contributed by atoms with Gasteiger partial charge in [0.2, 0.25) is 0 Å². The van der Waals surface area contributed by atoms with Crippen LogP contribution in [0.4, 0.5) is 0 Å². The van der Waals surface area contributed by atoms with Crippen molar-refractivity contribution in [2.24, 2.45) is 41.4 Å². The Morgan fingerprint density at radius 1 is 0.444 bits per heavy atom. The molecule has 1 saturated heterocycles. The maximum absolute atomic E-state index is 7.42. The van der Waals surface area contributed by atoms with Gasteiger partial charge in [-0.05, 0) is 101 Å². The van der Waals surface area contributed by atoms with Gasteiger partial charge in [0.05, 0.1) is 30.3 Å². The predicted octanol–water partition coefficient (Wildman–Crippen LogP) is 13.4. The molecule has 0 aromatic carbocycles. The van der Waals surface area contributed by atoms with E-state index in [0.29, 0.717) is 11.8 Å². The van der Waals surface area contributed by atoms with Crippen molar-refractivity contribution >= 4 is 24.2 Å². The summed E-state index contributed by atoms with van der Waals surface area (Å²) < 4.78 is 7.42. The van der Waals surface area contributed by atoms with Crippen LogP contribution in [0.3, 0.4) is 0 Å². The maximum atomic E-state index is 7.42. The third-order valence-electron chi connectivity index (χ3n) is 17.7. The molecule has 5 saturated carbocycles. The quantitative estimate of drug-likeness (QED) is 0.234. The third-order valence-corrected chi connectivity index (χ3v) is 33.1. The molecule has 4 heteroatoms. The summed E-state index contributed by atoms with van der Waals surface area (Å²) in [4.78, 5) is 0. The molecular weight excluding hydrogens is 593 g/mol. The SMILES string of the molecule is CC1CC(C2CCC([Si](C)(C)C3CCCCC3)C2)C([Si](C)(C)C2C(C)C(C)CC2C2CCC([Si](C)(C)C3CCCCC3)O2)C1C. The van der Waals surface area contributed by atoms with Crippen LogP contribution in [-0.4, -0.2) is 36.1 Å². The lowest BCUT2D eigenvalue weighted by molar-refractivity contribution is 0.0385. The van der Waals surface area contributed by atoms with E-state index in [2.05, 4.69) is 67.0 Å². The standard InChI is InChI=1S/C41H78OSi3/c1-28-25-36(32-21-22-35(27-32)43(5,6)33-17-13-11-14-18-33)40(30(28)3)45(9,10)41-31(4)29(2)26-37(41)38-23-24-39(42-38)44(7,8)34-19-15-12-16-20-34/h28-41H,11-27H2,1-10H3. The van der Waals surface area contributed by atoms with Crippen LogP contribution in [0.1, 0.15) is 137 Å². The van der Waals surface area contributed by atoms with E-state index in [4.69, 9.17) is 4.74 Å². The Morgan fingerprint density at radius 2 is 0.956 bits per heavy atom. The Hall–Kier alpha value is 0.611. The molecule has 45 heavy (non-hydrogen) atoms. The van der Waals surface area contributed by atoms with Gasteiger partial charge in [-0.2, -0.15) is 0 Å². The molecule has 1 heterocycles. The lowest BCUT2D eigenvalue weighted by Gasteiger charge is -2.48. The molecular formula is C41H78OSi3. The van der Waals surface area contributed by atoms with Crippen LogP contribution in [0.15, 0.2) is 0 Å². The summed E-state index contributed by atoms with van der Waals surface area (Å²) in [7, 11) is -4.12. The van der Waals surface area contributed by atoms with Gasteiger partial charge < -0.3 is 4.74 Å². The highest BCUT2D eigenvalue weighted by atomic mass is 28.3. The Kier molecular flexibility index (Phi) is 10.8. The molecule has 12 unspecified atom stereocenters. The second-order valence-electron chi connectivity index (χ2n) is 20.7. The zero-order valence-electron chi connectivity index (χ0n) is 32.0. The van der Waals surface area contributed by atoms with E-state index < -0.39 is 24.2 Å². The van der Waals surface area contributed by atoms with Crippen molar-refractivity contribution in [3.8, 4) is 0 Å². The van der Waals surface area contributed by atoms with Crippen molar-refractivity contribution in [1.29, 1.82) is 0 Å². The summed E-state index contributed by atoms with van der Waals surface area (Å²) in [5.41, 5.74) is 5.87. The van der Waals surface area contributed by atoms with Crippen molar-refractivity contribution in [2.75, 3.05) is 0 Å². The second-order valence-corrected chi connectivity index (χ2v) is 36.0. The van der Waals surface area contributed by atoms with Crippen molar-refractivity contribution in [3.63, 3.8) is 0 Å². The summed E-state index contributed by atoms with van der Waals surface area (Å²) >= 11 is 0. The Balaban J connectivity index is 1.19. The maximum Gasteiger partial charge on any atom is 0.0846 e. The van der Waals surface area contributed by atoms with Gasteiger partial charge in [0, 0.05) is 5.73 Å². The molecule has 5 aliphatic carbocycles. The van der Waals surface area contributed by atoms with Gasteiger partial charge in [0.25, 0.3) is 0 Å². The minimum Gasteiger partial charge on any atom is -0.378 e. The highest BCUT2D eigenvalue weighted by molar-refractivity contribution is 6.81. The van der Waals surface area contributed by atoms with Crippen molar-refractivity contribution < 1.29 is 4.74 Å². The number of ether oxygens (including phenoxy) is 1. The van der Waals surface area contributed by atoms with E-state index in [1.165, 1.54) is 70.6 Å². The molecule has 12 atom stereocenters. The molecule has 0 aromatic rings. The van der Waals surface area contributed by atoms with E-state index >= 15 is 0 Å². The Labute approximate surface area is 285 Å². The molecule has 6 fully saturated rings. The Morgan fingerprint density at radius 3 is 1.53 bits per heavy atom. The summed E-state index contributed by atoms with van der Waals surface area (Å²) in [6, 6.07) is 0. The highest BCUT2D eigenvalue weighted by Crippen LogP contribution is 2.65. The molecule has 0 bridgehead atoms. The lowest BCUT2D eigenvalue weighted by Crippen LogP contribution is -2.49. The van der Waals surface area contributed by atoms with Crippen LogP contribution in [0.5, 0.6) is 0 Å². The zero-order valence-corrected chi connectivity index (χ0v) is 35.0.